The Balaban J connectivity index is 1.67. The van der Waals surface area contributed by atoms with E-state index in [1.165, 1.54) is 12.3 Å². The molecule has 2 heterocycles. The summed E-state index contributed by atoms with van der Waals surface area (Å²) in [5.74, 6) is 0.363. The molecule has 3 aromatic rings. The van der Waals surface area contributed by atoms with Crippen LogP contribution in [0.15, 0.2) is 55.0 Å². The number of nitrogens with zero attached hydrogens (tertiary/aromatic N) is 3. The van der Waals surface area contributed by atoms with E-state index in [0.717, 1.165) is 5.56 Å². The maximum absolute atomic E-state index is 12.4. The predicted octanol–water partition coefficient (Wildman–Crippen LogP) is 4.80. The van der Waals surface area contributed by atoms with Crippen molar-refractivity contribution in [3.8, 4) is 17.0 Å². The molecule has 2 amide bonds. The maximum atomic E-state index is 12.4. The van der Waals surface area contributed by atoms with Gasteiger partial charge < -0.3 is 9.47 Å². The summed E-state index contributed by atoms with van der Waals surface area (Å²) < 4.78 is 10.6. The molecule has 0 bridgehead atoms. The molecule has 2 N–H and O–H groups in total. The second-order valence-electron chi connectivity index (χ2n) is 7.63. The minimum Gasteiger partial charge on any atom is -0.444 e. The molecule has 2 aromatic heterocycles. The second-order valence-corrected chi connectivity index (χ2v) is 7.63. The summed E-state index contributed by atoms with van der Waals surface area (Å²) in [4.78, 5) is 36.7. The number of rotatable bonds is 4. The first kappa shape index (κ1) is 21.7. The van der Waals surface area contributed by atoms with E-state index in [0.29, 0.717) is 16.9 Å². The van der Waals surface area contributed by atoms with Crippen LogP contribution in [0.25, 0.3) is 11.3 Å². The highest BCUT2D eigenvalue weighted by atomic mass is 16.6. The number of amides is 2. The molecule has 0 spiro atoms. The van der Waals surface area contributed by atoms with Gasteiger partial charge in [0.25, 0.3) is 0 Å². The van der Waals surface area contributed by atoms with Crippen molar-refractivity contribution in [1.29, 1.82) is 0 Å². The smallest absolute Gasteiger partial charge is 0.419 e. The van der Waals surface area contributed by atoms with Crippen molar-refractivity contribution in [3.05, 3.63) is 60.6 Å². The minimum atomic E-state index is -0.763. The summed E-state index contributed by atoms with van der Waals surface area (Å²) in [6.45, 7) is 7.09. The van der Waals surface area contributed by atoms with Gasteiger partial charge in [-0.25, -0.2) is 19.6 Å². The zero-order valence-electron chi connectivity index (χ0n) is 17.7. The van der Waals surface area contributed by atoms with Gasteiger partial charge in [-0.05, 0) is 57.5 Å². The quantitative estimate of drug-likeness (QED) is 0.621. The van der Waals surface area contributed by atoms with Crippen LogP contribution in [0, 0.1) is 6.92 Å². The zero-order valence-corrected chi connectivity index (χ0v) is 17.7. The van der Waals surface area contributed by atoms with Crippen molar-refractivity contribution in [1.82, 2.24) is 15.0 Å². The van der Waals surface area contributed by atoms with Gasteiger partial charge in [-0.15, -0.1) is 0 Å². The van der Waals surface area contributed by atoms with Gasteiger partial charge in [0.2, 0.25) is 5.95 Å². The van der Waals surface area contributed by atoms with Crippen molar-refractivity contribution in [2.24, 2.45) is 0 Å². The number of hydrogen-bond donors (Lipinski definition) is 2. The molecule has 9 nitrogen and oxygen atoms in total. The molecular weight excluding hydrogens is 398 g/mol. The first-order chi connectivity index (χ1) is 14.7. The number of carbonyl (C=O) groups excluding carboxylic acids is 2. The summed E-state index contributed by atoms with van der Waals surface area (Å²) in [7, 11) is 0. The van der Waals surface area contributed by atoms with Crippen molar-refractivity contribution < 1.29 is 19.1 Å². The third-order valence-electron chi connectivity index (χ3n) is 3.86. The lowest BCUT2D eigenvalue weighted by Crippen LogP contribution is -2.27. The van der Waals surface area contributed by atoms with Gasteiger partial charge in [0.1, 0.15) is 11.4 Å². The molecule has 0 unspecified atom stereocenters. The zero-order chi connectivity index (χ0) is 22.4. The summed E-state index contributed by atoms with van der Waals surface area (Å²) in [6.07, 6.45) is 3.49. The van der Waals surface area contributed by atoms with E-state index < -0.39 is 17.8 Å². The molecule has 0 aliphatic heterocycles. The number of aromatic nitrogens is 3. The van der Waals surface area contributed by atoms with Crippen molar-refractivity contribution in [2.45, 2.75) is 33.3 Å². The van der Waals surface area contributed by atoms with Gasteiger partial charge in [-0.1, -0.05) is 6.07 Å². The number of aryl methyl sites for hydroxylation is 1. The molecule has 31 heavy (non-hydrogen) atoms. The van der Waals surface area contributed by atoms with E-state index in [-0.39, 0.29) is 11.7 Å². The molecular formula is C22H23N5O4. The van der Waals surface area contributed by atoms with Crippen molar-refractivity contribution >= 4 is 23.8 Å². The molecule has 9 heteroatoms. The topological polar surface area (TPSA) is 115 Å². The Kier molecular flexibility index (Phi) is 6.44. The third-order valence-corrected chi connectivity index (χ3v) is 3.86. The number of carbonyl (C=O) groups is 2. The monoisotopic (exact) mass is 421 g/mol. The number of ether oxygens (including phenoxy) is 2. The molecule has 160 valence electrons. The van der Waals surface area contributed by atoms with E-state index in [4.69, 9.17) is 9.47 Å². The molecule has 0 atom stereocenters. The number of pyridine rings is 1. The van der Waals surface area contributed by atoms with Crippen LogP contribution < -0.4 is 15.4 Å². The molecule has 0 saturated carbocycles. The predicted molar refractivity (Wildman–Crippen MR) is 116 cm³/mol. The van der Waals surface area contributed by atoms with Gasteiger partial charge in [0.05, 0.1) is 5.69 Å². The first-order valence-corrected chi connectivity index (χ1v) is 9.52. The standard InChI is InChI=1S/C22H23N5O4/c1-14-7-8-16(25-21(29)31-22(2,3)4)12-18(14)30-20(28)27-19-24-11-9-17(26-19)15-6-5-10-23-13-15/h5-13H,1-4H3,(H,25,29)(H,24,26,27,28). The fourth-order valence-electron chi connectivity index (χ4n) is 2.52. The number of nitrogens with one attached hydrogen (secondary N) is 2. The van der Waals surface area contributed by atoms with Gasteiger partial charge in [-0.2, -0.15) is 0 Å². The van der Waals surface area contributed by atoms with Crippen LogP contribution in [-0.4, -0.2) is 32.7 Å². The van der Waals surface area contributed by atoms with E-state index in [2.05, 4.69) is 25.6 Å². The molecule has 0 aliphatic rings. The molecule has 0 aliphatic carbocycles. The van der Waals surface area contributed by atoms with E-state index in [9.17, 15) is 9.59 Å². The van der Waals surface area contributed by atoms with Crippen LogP contribution in [-0.2, 0) is 4.74 Å². The first-order valence-electron chi connectivity index (χ1n) is 9.52. The van der Waals surface area contributed by atoms with Gasteiger partial charge in [0.15, 0.2) is 0 Å². The highest BCUT2D eigenvalue weighted by molar-refractivity contribution is 5.87. The van der Waals surface area contributed by atoms with E-state index >= 15 is 0 Å². The van der Waals surface area contributed by atoms with E-state index in [1.807, 2.05) is 6.07 Å². The van der Waals surface area contributed by atoms with Crippen LogP contribution in [0.2, 0.25) is 0 Å². The van der Waals surface area contributed by atoms with E-state index in [1.54, 1.807) is 64.4 Å². The second kappa shape index (κ2) is 9.21. The average Bonchev–Trinajstić information content (AvgIpc) is 2.70. The SMILES string of the molecule is Cc1ccc(NC(=O)OC(C)(C)C)cc1OC(=O)Nc1nccc(-c2cccnc2)n1. The fourth-order valence-corrected chi connectivity index (χ4v) is 2.52. The summed E-state index contributed by atoms with van der Waals surface area (Å²) in [6, 6.07) is 10.3. The van der Waals surface area contributed by atoms with Gasteiger partial charge in [0, 0.05) is 35.9 Å². The molecule has 1 aromatic carbocycles. The van der Waals surface area contributed by atoms with Crippen LogP contribution in [0.3, 0.4) is 0 Å². The molecule has 3 rings (SSSR count). The number of anilines is 2. The number of benzene rings is 1. The van der Waals surface area contributed by atoms with Crippen LogP contribution in [0.4, 0.5) is 21.2 Å². The Morgan fingerprint density at radius 1 is 1.00 bits per heavy atom. The van der Waals surface area contributed by atoms with Crippen molar-refractivity contribution in [2.75, 3.05) is 10.6 Å². The van der Waals surface area contributed by atoms with Gasteiger partial charge >= 0.3 is 12.2 Å². The summed E-state index contributed by atoms with van der Waals surface area (Å²) >= 11 is 0. The lowest BCUT2D eigenvalue weighted by atomic mass is 10.2. The molecule has 0 radical (unpaired) electrons. The Morgan fingerprint density at radius 3 is 2.52 bits per heavy atom. The largest absolute Gasteiger partial charge is 0.444 e. The Morgan fingerprint density at radius 2 is 1.81 bits per heavy atom. The van der Waals surface area contributed by atoms with Crippen LogP contribution in [0.1, 0.15) is 26.3 Å². The average molecular weight is 421 g/mol. The maximum Gasteiger partial charge on any atom is 0.419 e. The molecule has 0 fully saturated rings. The fraction of sp³-hybridized carbons (Fsp3) is 0.227. The summed E-state index contributed by atoms with van der Waals surface area (Å²) in [5.41, 5.74) is 1.90. The number of hydrogen-bond acceptors (Lipinski definition) is 7. The van der Waals surface area contributed by atoms with Gasteiger partial charge in [-0.3, -0.25) is 15.6 Å². The Bertz CT molecular complexity index is 1080. The lowest BCUT2D eigenvalue weighted by Gasteiger charge is -2.20. The third kappa shape index (κ3) is 6.49. The highest BCUT2D eigenvalue weighted by Gasteiger charge is 2.17. The lowest BCUT2D eigenvalue weighted by molar-refractivity contribution is 0.0636. The Labute approximate surface area is 179 Å². The van der Waals surface area contributed by atoms with Crippen LogP contribution >= 0.6 is 0 Å². The molecule has 0 saturated heterocycles. The normalized spacial score (nSPS) is 10.8. The minimum absolute atomic E-state index is 0.0899. The van der Waals surface area contributed by atoms with Crippen molar-refractivity contribution in [3.63, 3.8) is 0 Å². The Hall–Kier alpha value is -4.01. The highest BCUT2D eigenvalue weighted by Crippen LogP contribution is 2.24. The van der Waals surface area contributed by atoms with Crippen LogP contribution in [0.5, 0.6) is 5.75 Å². The summed E-state index contributed by atoms with van der Waals surface area (Å²) in [5, 5.41) is 5.11.